The van der Waals surface area contributed by atoms with Crippen LogP contribution < -0.4 is 15.5 Å². The van der Waals surface area contributed by atoms with E-state index in [1.807, 2.05) is 0 Å². The molecule has 0 saturated carbocycles. The summed E-state index contributed by atoms with van der Waals surface area (Å²) in [5.41, 5.74) is 2.60. The average molecular weight is 304 g/mol. The zero-order valence-electron chi connectivity index (χ0n) is 13.9. The van der Waals surface area contributed by atoms with Crippen molar-refractivity contribution in [3.05, 3.63) is 29.8 Å². The molecule has 0 spiro atoms. The van der Waals surface area contributed by atoms with Gasteiger partial charge in [-0.15, -0.1) is 0 Å². The van der Waals surface area contributed by atoms with Crippen LogP contribution in [0.3, 0.4) is 0 Å². The van der Waals surface area contributed by atoms with E-state index in [4.69, 9.17) is 4.74 Å². The summed E-state index contributed by atoms with van der Waals surface area (Å²) in [5.74, 6) is 0.802. The molecule has 5 heteroatoms. The molecule has 0 aliphatic carbocycles. The van der Waals surface area contributed by atoms with Crippen molar-refractivity contribution in [3.63, 3.8) is 0 Å². The minimum atomic E-state index is 0.205. The molecule has 0 aromatic heterocycles. The third kappa shape index (κ3) is 4.63. The highest BCUT2D eigenvalue weighted by molar-refractivity contribution is 5.80. The lowest BCUT2D eigenvalue weighted by Gasteiger charge is -2.22. The van der Waals surface area contributed by atoms with Crippen molar-refractivity contribution in [2.45, 2.75) is 25.8 Å². The molecular formula is C17H28N4O. The van der Waals surface area contributed by atoms with Crippen LogP contribution in [0.1, 0.15) is 31.4 Å². The van der Waals surface area contributed by atoms with Gasteiger partial charge in [-0.05, 0) is 37.5 Å². The third-order valence-electron chi connectivity index (χ3n) is 4.02. The van der Waals surface area contributed by atoms with Crippen LogP contribution in [0.15, 0.2) is 29.3 Å². The summed E-state index contributed by atoms with van der Waals surface area (Å²) in [7, 11) is 3.49. The fourth-order valence-corrected chi connectivity index (χ4v) is 2.72. The van der Waals surface area contributed by atoms with Crippen LogP contribution >= 0.6 is 0 Å². The van der Waals surface area contributed by atoms with Crippen molar-refractivity contribution in [2.75, 3.05) is 45.3 Å². The minimum absolute atomic E-state index is 0.205. The lowest BCUT2D eigenvalue weighted by Crippen LogP contribution is -2.40. The smallest absolute Gasteiger partial charge is 0.191 e. The van der Waals surface area contributed by atoms with Crippen molar-refractivity contribution in [3.8, 4) is 0 Å². The number of methoxy groups -OCH3 is 1. The Morgan fingerprint density at radius 2 is 2.14 bits per heavy atom. The molecule has 1 fully saturated rings. The summed E-state index contributed by atoms with van der Waals surface area (Å²) in [6.45, 7) is 5.92. The van der Waals surface area contributed by atoms with E-state index < -0.39 is 0 Å². The van der Waals surface area contributed by atoms with Gasteiger partial charge < -0.3 is 20.3 Å². The van der Waals surface area contributed by atoms with Crippen molar-refractivity contribution in [2.24, 2.45) is 4.99 Å². The minimum Gasteiger partial charge on any atom is -0.383 e. The van der Waals surface area contributed by atoms with Gasteiger partial charge in [0.05, 0.1) is 12.6 Å². The largest absolute Gasteiger partial charge is 0.383 e. The topological polar surface area (TPSA) is 48.9 Å². The number of benzene rings is 1. The molecule has 1 aliphatic rings. The Balaban J connectivity index is 1.96. The molecule has 1 unspecified atom stereocenters. The van der Waals surface area contributed by atoms with E-state index in [0.29, 0.717) is 6.61 Å². The second kappa shape index (κ2) is 8.63. The molecule has 1 atom stereocenters. The Kier molecular flexibility index (Phi) is 6.52. The van der Waals surface area contributed by atoms with E-state index in [2.05, 4.69) is 51.7 Å². The first-order chi connectivity index (χ1) is 10.7. The molecule has 0 radical (unpaired) electrons. The van der Waals surface area contributed by atoms with Gasteiger partial charge in [-0.2, -0.15) is 0 Å². The Morgan fingerprint density at radius 3 is 2.82 bits per heavy atom. The van der Waals surface area contributed by atoms with E-state index in [-0.39, 0.29) is 6.04 Å². The summed E-state index contributed by atoms with van der Waals surface area (Å²) in [5, 5.41) is 6.67. The van der Waals surface area contributed by atoms with Crippen molar-refractivity contribution in [1.82, 2.24) is 10.6 Å². The van der Waals surface area contributed by atoms with E-state index >= 15 is 0 Å². The highest BCUT2D eigenvalue weighted by atomic mass is 16.5. The molecule has 1 saturated heterocycles. The Bertz CT molecular complexity index is 483. The van der Waals surface area contributed by atoms with Crippen molar-refractivity contribution < 1.29 is 4.74 Å². The normalized spacial score (nSPS) is 16.7. The molecule has 1 aliphatic heterocycles. The van der Waals surface area contributed by atoms with Gasteiger partial charge in [-0.1, -0.05) is 12.1 Å². The first-order valence-electron chi connectivity index (χ1n) is 8.05. The Labute approximate surface area is 133 Å². The molecule has 5 nitrogen and oxygen atoms in total. The van der Waals surface area contributed by atoms with Gasteiger partial charge in [0, 0.05) is 39.5 Å². The predicted octanol–water partition coefficient (Wildman–Crippen LogP) is 2.16. The summed E-state index contributed by atoms with van der Waals surface area (Å²) >= 11 is 0. The number of nitrogens with one attached hydrogen (secondary N) is 2. The van der Waals surface area contributed by atoms with Gasteiger partial charge in [0.25, 0.3) is 0 Å². The second-order valence-electron chi connectivity index (χ2n) is 5.65. The van der Waals surface area contributed by atoms with Crippen molar-refractivity contribution in [1.29, 1.82) is 0 Å². The monoisotopic (exact) mass is 304 g/mol. The molecule has 2 N–H and O–H groups in total. The molecule has 1 aromatic rings. The first-order valence-corrected chi connectivity index (χ1v) is 8.05. The predicted molar refractivity (Wildman–Crippen MR) is 92.7 cm³/mol. The van der Waals surface area contributed by atoms with Crippen LogP contribution in [-0.2, 0) is 4.74 Å². The first kappa shape index (κ1) is 16.6. The number of aliphatic imine (C=N–C) groups is 1. The standard InChI is InChI=1S/C17H28N4O/c1-14(20-17(18-2)19-9-12-22-3)15-7-6-8-16(13-15)21-10-4-5-11-21/h6-8,13-14H,4-5,9-12H2,1-3H3,(H2,18,19,20). The van der Waals surface area contributed by atoms with E-state index in [9.17, 15) is 0 Å². The van der Waals surface area contributed by atoms with Crippen LogP contribution in [0, 0.1) is 0 Å². The number of guanidine groups is 1. The molecule has 1 aromatic carbocycles. The van der Waals surface area contributed by atoms with Crippen LogP contribution in [0.4, 0.5) is 5.69 Å². The summed E-state index contributed by atoms with van der Waals surface area (Å²) in [6.07, 6.45) is 2.60. The van der Waals surface area contributed by atoms with E-state index in [1.165, 1.54) is 37.2 Å². The molecule has 1 heterocycles. The quantitative estimate of drug-likeness (QED) is 0.480. The lowest BCUT2D eigenvalue weighted by molar-refractivity contribution is 0.203. The zero-order valence-corrected chi connectivity index (χ0v) is 13.9. The van der Waals surface area contributed by atoms with Gasteiger partial charge in [-0.3, -0.25) is 4.99 Å². The average Bonchev–Trinajstić information content (AvgIpc) is 3.08. The fourth-order valence-electron chi connectivity index (χ4n) is 2.72. The second-order valence-corrected chi connectivity index (χ2v) is 5.65. The number of nitrogens with zero attached hydrogens (tertiary/aromatic N) is 2. The molecule has 122 valence electrons. The maximum absolute atomic E-state index is 5.05. The van der Waals surface area contributed by atoms with Gasteiger partial charge in [-0.25, -0.2) is 0 Å². The van der Waals surface area contributed by atoms with Crippen molar-refractivity contribution >= 4 is 11.6 Å². The summed E-state index contributed by atoms with van der Waals surface area (Å²) < 4.78 is 5.05. The van der Waals surface area contributed by atoms with Crippen LogP contribution in [0.5, 0.6) is 0 Å². The number of rotatable bonds is 6. The molecule has 0 amide bonds. The van der Waals surface area contributed by atoms with E-state index in [0.717, 1.165) is 12.5 Å². The van der Waals surface area contributed by atoms with Gasteiger partial charge in [0.15, 0.2) is 5.96 Å². The molecule has 0 bridgehead atoms. The SMILES string of the molecule is CN=C(NCCOC)NC(C)c1cccc(N2CCCC2)c1. The van der Waals surface area contributed by atoms with Crippen LogP contribution in [-0.4, -0.2) is 46.4 Å². The fraction of sp³-hybridized carbons (Fsp3) is 0.588. The third-order valence-corrected chi connectivity index (χ3v) is 4.02. The maximum atomic E-state index is 5.05. The maximum Gasteiger partial charge on any atom is 0.191 e. The highest BCUT2D eigenvalue weighted by Crippen LogP contribution is 2.23. The number of anilines is 1. The van der Waals surface area contributed by atoms with Gasteiger partial charge in [0.1, 0.15) is 0 Å². The number of ether oxygens (including phenoxy) is 1. The number of hydrogen-bond donors (Lipinski definition) is 2. The zero-order chi connectivity index (χ0) is 15.8. The molecule has 22 heavy (non-hydrogen) atoms. The highest BCUT2D eigenvalue weighted by Gasteiger charge is 2.14. The summed E-state index contributed by atoms with van der Waals surface area (Å²) in [4.78, 5) is 6.71. The molecule has 2 rings (SSSR count). The summed E-state index contributed by atoms with van der Waals surface area (Å²) in [6, 6.07) is 9.00. The Hall–Kier alpha value is -1.75. The lowest BCUT2D eigenvalue weighted by atomic mass is 10.1. The van der Waals surface area contributed by atoms with Gasteiger partial charge >= 0.3 is 0 Å². The van der Waals surface area contributed by atoms with E-state index in [1.54, 1.807) is 14.2 Å². The molecular weight excluding hydrogens is 276 g/mol. The van der Waals surface area contributed by atoms with Gasteiger partial charge in [0.2, 0.25) is 0 Å². The number of hydrogen-bond acceptors (Lipinski definition) is 3. The van der Waals surface area contributed by atoms with Crippen LogP contribution in [0.25, 0.3) is 0 Å². The Morgan fingerprint density at radius 1 is 1.36 bits per heavy atom. The van der Waals surface area contributed by atoms with Crippen LogP contribution in [0.2, 0.25) is 0 Å².